The fraction of sp³-hybridized carbons (Fsp3) is 0.917. The van der Waals surface area contributed by atoms with Crippen LogP contribution in [0.2, 0.25) is 0 Å². The molecule has 0 saturated carbocycles. The molecule has 4 heteroatoms. The molecule has 2 aliphatic heterocycles. The first kappa shape index (κ1) is 15.4. The van der Waals surface area contributed by atoms with Crippen molar-refractivity contribution in [2.75, 3.05) is 20.1 Å². The lowest BCUT2D eigenvalue weighted by Crippen LogP contribution is -2.18. The van der Waals surface area contributed by atoms with Crippen LogP contribution in [0.1, 0.15) is 34.6 Å². The molecule has 0 aromatic rings. The van der Waals surface area contributed by atoms with Crippen LogP contribution in [0.15, 0.2) is 0 Å². The predicted molar refractivity (Wildman–Crippen MR) is 64.4 cm³/mol. The predicted octanol–water partition coefficient (Wildman–Crippen LogP) is 1.68. The minimum absolute atomic E-state index is 0.318. The van der Waals surface area contributed by atoms with E-state index in [1.165, 1.54) is 0 Å². The summed E-state index contributed by atoms with van der Waals surface area (Å²) in [5, 5.41) is 0. The van der Waals surface area contributed by atoms with Gasteiger partial charge in [0.05, 0.1) is 12.2 Å². The fourth-order valence-electron chi connectivity index (χ4n) is 1.33. The second-order valence-corrected chi connectivity index (χ2v) is 4.76. The zero-order chi connectivity index (χ0) is 12.8. The molecule has 0 spiro atoms. The van der Waals surface area contributed by atoms with Crippen molar-refractivity contribution in [3.05, 3.63) is 0 Å². The fourth-order valence-corrected chi connectivity index (χ4v) is 1.33. The molecular weight excluding hydrogens is 206 g/mol. The minimum Gasteiger partial charge on any atom is -0.462 e. The molecule has 2 heterocycles. The maximum atomic E-state index is 9.60. The summed E-state index contributed by atoms with van der Waals surface area (Å²) in [5.74, 6) is 0. The number of epoxide rings is 1. The Hall–Kier alpha value is -0.610. The molecule has 0 radical (unpaired) electrons. The van der Waals surface area contributed by atoms with Crippen molar-refractivity contribution in [2.45, 2.75) is 52.4 Å². The van der Waals surface area contributed by atoms with Crippen molar-refractivity contribution in [3.63, 3.8) is 0 Å². The van der Waals surface area contributed by atoms with E-state index in [4.69, 9.17) is 4.74 Å². The van der Waals surface area contributed by atoms with Gasteiger partial charge in [-0.2, -0.15) is 0 Å². The van der Waals surface area contributed by atoms with E-state index >= 15 is 0 Å². The molecule has 0 bridgehead atoms. The first-order valence-corrected chi connectivity index (χ1v) is 5.88. The number of carbonyl (C=O) groups is 1. The Kier molecular flexibility index (Phi) is 6.60. The molecule has 4 nitrogen and oxygen atoms in total. The van der Waals surface area contributed by atoms with Gasteiger partial charge in [-0.3, -0.25) is 4.79 Å². The third-order valence-electron chi connectivity index (χ3n) is 2.07. The van der Waals surface area contributed by atoms with Gasteiger partial charge in [-0.05, 0) is 27.8 Å². The second-order valence-electron chi connectivity index (χ2n) is 4.76. The quantitative estimate of drug-likeness (QED) is 0.508. The van der Waals surface area contributed by atoms with E-state index in [9.17, 15) is 4.79 Å². The van der Waals surface area contributed by atoms with Crippen LogP contribution in [0.5, 0.6) is 0 Å². The van der Waals surface area contributed by atoms with E-state index in [1.54, 1.807) is 0 Å². The molecule has 0 amide bonds. The van der Waals surface area contributed by atoms with Crippen LogP contribution in [0.4, 0.5) is 0 Å². The normalized spacial score (nSPS) is 26.6. The van der Waals surface area contributed by atoms with E-state index in [2.05, 4.69) is 16.7 Å². The van der Waals surface area contributed by atoms with Gasteiger partial charge in [0.15, 0.2) is 0 Å². The Labute approximate surface area is 98.9 Å². The third kappa shape index (κ3) is 6.80. The van der Waals surface area contributed by atoms with E-state index in [1.807, 2.05) is 34.6 Å². The summed E-state index contributed by atoms with van der Waals surface area (Å²) in [4.78, 5) is 11.9. The first-order valence-electron chi connectivity index (χ1n) is 5.88. The summed E-state index contributed by atoms with van der Waals surface area (Å²) in [7, 11) is 2.13. The number of fused-ring (bicyclic) bond motifs is 1. The molecule has 2 rings (SSSR count). The first-order chi connectivity index (χ1) is 7.42. The Morgan fingerprint density at radius 1 is 1.25 bits per heavy atom. The lowest BCUT2D eigenvalue weighted by atomic mass is 10.2. The molecule has 2 saturated heterocycles. The highest BCUT2D eigenvalue weighted by molar-refractivity contribution is 5.37. The lowest BCUT2D eigenvalue weighted by Gasteiger charge is -2.14. The molecule has 2 aliphatic rings. The van der Waals surface area contributed by atoms with Gasteiger partial charge in [0, 0.05) is 13.1 Å². The maximum absolute atomic E-state index is 9.60. The van der Waals surface area contributed by atoms with Crippen molar-refractivity contribution in [1.29, 1.82) is 0 Å². The molecular formula is C12H25NO3. The SMILES string of the molecule is CC.CC(C)(C)OC=O.CN1CC2OC2C1. The van der Waals surface area contributed by atoms with Crippen molar-refractivity contribution >= 4 is 6.47 Å². The molecule has 0 N–H and O–H groups in total. The van der Waals surface area contributed by atoms with E-state index in [0.29, 0.717) is 18.7 Å². The summed E-state index contributed by atoms with van der Waals surface area (Å²) in [5.41, 5.74) is -0.318. The molecule has 2 fully saturated rings. The average Bonchev–Trinajstić information content (AvgIpc) is 2.77. The molecule has 0 aliphatic carbocycles. The summed E-state index contributed by atoms with van der Waals surface area (Å²) in [6.45, 7) is 12.2. The van der Waals surface area contributed by atoms with Crippen LogP contribution in [-0.4, -0.2) is 49.3 Å². The van der Waals surface area contributed by atoms with Gasteiger partial charge in [0.2, 0.25) is 0 Å². The van der Waals surface area contributed by atoms with Crippen molar-refractivity contribution in [1.82, 2.24) is 4.90 Å². The van der Waals surface area contributed by atoms with Gasteiger partial charge in [0.25, 0.3) is 6.47 Å². The Morgan fingerprint density at radius 2 is 1.69 bits per heavy atom. The van der Waals surface area contributed by atoms with Crippen LogP contribution in [0.3, 0.4) is 0 Å². The Morgan fingerprint density at radius 3 is 1.81 bits per heavy atom. The number of likely N-dealkylation sites (tertiary alicyclic amines) is 1. The summed E-state index contributed by atoms with van der Waals surface area (Å²) < 4.78 is 9.73. The molecule has 2 atom stereocenters. The number of nitrogens with zero attached hydrogens (tertiary/aromatic N) is 1. The van der Waals surface area contributed by atoms with Gasteiger partial charge < -0.3 is 14.4 Å². The highest BCUT2D eigenvalue weighted by Gasteiger charge is 2.45. The van der Waals surface area contributed by atoms with Crippen LogP contribution in [-0.2, 0) is 14.3 Å². The van der Waals surface area contributed by atoms with Crippen LogP contribution < -0.4 is 0 Å². The highest BCUT2D eigenvalue weighted by atomic mass is 16.6. The second kappa shape index (κ2) is 6.86. The monoisotopic (exact) mass is 231 g/mol. The Bertz CT molecular complexity index is 191. The molecule has 16 heavy (non-hydrogen) atoms. The molecule has 0 aromatic heterocycles. The number of hydrogen-bond donors (Lipinski definition) is 0. The zero-order valence-corrected chi connectivity index (χ0v) is 11.3. The van der Waals surface area contributed by atoms with E-state index in [-0.39, 0.29) is 5.60 Å². The number of morpholine rings is 1. The van der Waals surface area contributed by atoms with Gasteiger partial charge in [-0.15, -0.1) is 0 Å². The van der Waals surface area contributed by atoms with Crippen LogP contribution in [0.25, 0.3) is 0 Å². The maximum Gasteiger partial charge on any atom is 0.293 e. The van der Waals surface area contributed by atoms with Gasteiger partial charge in [0.1, 0.15) is 5.60 Å². The van der Waals surface area contributed by atoms with Crippen LogP contribution >= 0.6 is 0 Å². The average molecular weight is 231 g/mol. The number of rotatable bonds is 1. The molecule has 96 valence electrons. The molecule has 2 unspecified atom stereocenters. The van der Waals surface area contributed by atoms with Crippen LogP contribution in [0, 0.1) is 0 Å². The summed E-state index contributed by atoms with van der Waals surface area (Å²) >= 11 is 0. The zero-order valence-electron chi connectivity index (χ0n) is 11.3. The smallest absolute Gasteiger partial charge is 0.293 e. The number of likely N-dealkylation sites (N-methyl/N-ethyl adjacent to an activating group) is 1. The Balaban J connectivity index is 0.000000244. The lowest BCUT2D eigenvalue weighted by molar-refractivity contribution is -0.138. The van der Waals surface area contributed by atoms with E-state index < -0.39 is 0 Å². The van der Waals surface area contributed by atoms with Gasteiger partial charge in [-0.1, -0.05) is 13.8 Å². The largest absolute Gasteiger partial charge is 0.462 e. The highest BCUT2D eigenvalue weighted by Crippen LogP contribution is 2.28. The third-order valence-corrected chi connectivity index (χ3v) is 2.07. The summed E-state index contributed by atoms with van der Waals surface area (Å²) in [6, 6.07) is 0. The number of carbonyl (C=O) groups excluding carboxylic acids is 1. The molecule has 0 aromatic carbocycles. The number of hydrogen-bond acceptors (Lipinski definition) is 4. The number of ether oxygens (including phenoxy) is 2. The van der Waals surface area contributed by atoms with Gasteiger partial charge in [-0.25, -0.2) is 0 Å². The summed E-state index contributed by atoms with van der Waals surface area (Å²) in [6.07, 6.45) is 1.23. The topological polar surface area (TPSA) is 42.1 Å². The standard InChI is InChI=1S/C5H9NO.C5H10O2.C2H6/c1-6-2-4-5(3-6)7-4;1-5(2,3)7-4-6;1-2/h4-5H,2-3H2,1H3;4H,1-3H3;1-2H3. The van der Waals surface area contributed by atoms with Crippen molar-refractivity contribution < 1.29 is 14.3 Å². The van der Waals surface area contributed by atoms with E-state index in [0.717, 1.165) is 13.1 Å². The van der Waals surface area contributed by atoms with Crippen molar-refractivity contribution in [3.8, 4) is 0 Å². The van der Waals surface area contributed by atoms with Gasteiger partial charge >= 0.3 is 0 Å². The van der Waals surface area contributed by atoms with Crippen molar-refractivity contribution in [2.24, 2.45) is 0 Å². The minimum atomic E-state index is -0.318.